The van der Waals surface area contributed by atoms with Gasteiger partial charge in [0.25, 0.3) is 0 Å². The number of aryl methyl sites for hydroxylation is 1. The van der Waals surface area contributed by atoms with E-state index in [4.69, 9.17) is 0 Å². The van der Waals surface area contributed by atoms with E-state index in [1.165, 1.54) is 21.9 Å². The molecule has 2 aromatic rings. The van der Waals surface area contributed by atoms with Crippen LogP contribution in [0.4, 0.5) is 0 Å². The standard InChI is InChI=1S/C15H17Br/c1-10(2)15(16)14-11(3)8-9-12-6-4-5-7-13(12)14/h4-10,15H,1-3H3. The minimum Gasteiger partial charge on any atom is -0.0836 e. The predicted molar refractivity (Wildman–Crippen MR) is 75.2 cm³/mol. The van der Waals surface area contributed by atoms with Crippen LogP contribution in [0.5, 0.6) is 0 Å². The molecule has 0 aliphatic rings. The van der Waals surface area contributed by atoms with Crippen molar-refractivity contribution in [3.8, 4) is 0 Å². The van der Waals surface area contributed by atoms with E-state index in [2.05, 4.69) is 73.1 Å². The molecule has 0 radical (unpaired) electrons. The van der Waals surface area contributed by atoms with Crippen molar-refractivity contribution >= 4 is 26.7 Å². The molecule has 0 aromatic heterocycles. The third kappa shape index (κ3) is 2.01. The summed E-state index contributed by atoms with van der Waals surface area (Å²) in [5, 5.41) is 2.70. The lowest BCUT2D eigenvalue weighted by molar-refractivity contribution is 0.642. The zero-order valence-corrected chi connectivity index (χ0v) is 11.6. The van der Waals surface area contributed by atoms with Gasteiger partial charge >= 0.3 is 0 Å². The normalized spacial score (nSPS) is 13.3. The summed E-state index contributed by atoms with van der Waals surface area (Å²) in [6, 6.07) is 13.0. The van der Waals surface area contributed by atoms with Crippen LogP contribution in [0.25, 0.3) is 10.8 Å². The molecule has 16 heavy (non-hydrogen) atoms. The van der Waals surface area contributed by atoms with Crippen LogP contribution < -0.4 is 0 Å². The topological polar surface area (TPSA) is 0 Å². The van der Waals surface area contributed by atoms with E-state index in [-0.39, 0.29) is 0 Å². The van der Waals surface area contributed by atoms with Crippen LogP contribution in [0.3, 0.4) is 0 Å². The first-order chi connectivity index (χ1) is 7.61. The van der Waals surface area contributed by atoms with Crippen LogP contribution in [0.2, 0.25) is 0 Å². The van der Waals surface area contributed by atoms with E-state index in [0.29, 0.717) is 10.7 Å². The van der Waals surface area contributed by atoms with Crippen LogP contribution >= 0.6 is 15.9 Å². The SMILES string of the molecule is Cc1ccc2ccccc2c1C(Br)C(C)C. The Labute approximate surface area is 106 Å². The molecular formula is C15H17Br. The summed E-state index contributed by atoms with van der Waals surface area (Å²) in [6.45, 7) is 6.69. The molecule has 0 fully saturated rings. The highest BCUT2D eigenvalue weighted by Gasteiger charge is 2.16. The van der Waals surface area contributed by atoms with Gasteiger partial charge in [-0.25, -0.2) is 0 Å². The Hall–Kier alpha value is -0.820. The summed E-state index contributed by atoms with van der Waals surface area (Å²) >= 11 is 3.82. The average Bonchev–Trinajstić information content (AvgIpc) is 2.28. The minimum atomic E-state index is 0.429. The van der Waals surface area contributed by atoms with Crippen molar-refractivity contribution in [1.29, 1.82) is 0 Å². The predicted octanol–water partition coefficient (Wildman–Crippen LogP) is 5.24. The van der Waals surface area contributed by atoms with Gasteiger partial charge in [0.05, 0.1) is 0 Å². The van der Waals surface area contributed by atoms with E-state index >= 15 is 0 Å². The number of hydrogen-bond acceptors (Lipinski definition) is 0. The third-order valence-corrected chi connectivity index (χ3v) is 4.56. The van der Waals surface area contributed by atoms with Gasteiger partial charge in [0, 0.05) is 4.83 Å². The Morgan fingerprint density at radius 2 is 1.69 bits per heavy atom. The lowest BCUT2D eigenvalue weighted by Crippen LogP contribution is -2.02. The maximum Gasteiger partial charge on any atom is 0.0427 e. The maximum atomic E-state index is 3.82. The lowest BCUT2D eigenvalue weighted by Gasteiger charge is -2.19. The Morgan fingerprint density at radius 1 is 1.00 bits per heavy atom. The number of halogens is 1. The molecule has 2 aromatic carbocycles. The Bertz CT molecular complexity index is 500. The summed E-state index contributed by atoms with van der Waals surface area (Å²) in [7, 11) is 0. The first kappa shape index (κ1) is 11.7. The molecule has 1 heteroatoms. The number of rotatable bonds is 2. The molecule has 84 valence electrons. The molecule has 0 amide bonds. The minimum absolute atomic E-state index is 0.429. The van der Waals surface area contributed by atoms with Gasteiger partial charge in [0.1, 0.15) is 0 Å². The molecule has 0 spiro atoms. The van der Waals surface area contributed by atoms with Gasteiger partial charge < -0.3 is 0 Å². The fourth-order valence-corrected chi connectivity index (χ4v) is 2.71. The van der Waals surface area contributed by atoms with Crippen molar-refractivity contribution in [1.82, 2.24) is 0 Å². The van der Waals surface area contributed by atoms with Crippen molar-refractivity contribution in [3.63, 3.8) is 0 Å². The quantitative estimate of drug-likeness (QED) is 0.658. The van der Waals surface area contributed by atoms with E-state index in [1.807, 2.05) is 0 Å². The first-order valence-corrected chi connectivity index (χ1v) is 6.65. The zero-order chi connectivity index (χ0) is 11.7. The monoisotopic (exact) mass is 276 g/mol. The second kappa shape index (κ2) is 4.58. The molecule has 1 unspecified atom stereocenters. The van der Waals surface area contributed by atoms with Crippen molar-refractivity contribution in [3.05, 3.63) is 47.5 Å². The van der Waals surface area contributed by atoms with Gasteiger partial charge in [-0.2, -0.15) is 0 Å². The fraction of sp³-hybridized carbons (Fsp3) is 0.333. The molecule has 0 N–H and O–H groups in total. The average molecular weight is 277 g/mol. The molecule has 0 aliphatic carbocycles. The molecular weight excluding hydrogens is 260 g/mol. The zero-order valence-electron chi connectivity index (χ0n) is 10.00. The number of fused-ring (bicyclic) bond motifs is 1. The van der Waals surface area contributed by atoms with Gasteiger partial charge in [-0.05, 0) is 34.7 Å². The molecule has 0 aliphatic heterocycles. The van der Waals surface area contributed by atoms with E-state index in [9.17, 15) is 0 Å². The fourth-order valence-electron chi connectivity index (χ4n) is 2.10. The Morgan fingerprint density at radius 3 is 2.38 bits per heavy atom. The van der Waals surface area contributed by atoms with Crippen molar-refractivity contribution < 1.29 is 0 Å². The van der Waals surface area contributed by atoms with Gasteiger partial charge in [-0.15, -0.1) is 0 Å². The van der Waals surface area contributed by atoms with Crippen molar-refractivity contribution in [2.75, 3.05) is 0 Å². The largest absolute Gasteiger partial charge is 0.0836 e. The summed E-state index contributed by atoms with van der Waals surface area (Å²) in [6.07, 6.45) is 0. The summed E-state index contributed by atoms with van der Waals surface area (Å²) in [5.74, 6) is 0.601. The Kier molecular flexibility index (Phi) is 3.34. The second-order valence-electron chi connectivity index (χ2n) is 4.66. The molecule has 0 nitrogen and oxygen atoms in total. The maximum absolute atomic E-state index is 3.82. The molecule has 2 rings (SSSR count). The van der Waals surface area contributed by atoms with Crippen LogP contribution in [-0.4, -0.2) is 0 Å². The van der Waals surface area contributed by atoms with Crippen molar-refractivity contribution in [2.24, 2.45) is 5.92 Å². The first-order valence-electron chi connectivity index (χ1n) is 5.73. The van der Waals surface area contributed by atoms with Gasteiger partial charge in [0.2, 0.25) is 0 Å². The number of hydrogen-bond donors (Lipinski definition) is 0. The Balaban J connectivity index is 2.70. The van der Waals surface area contributed by atoms with Crippen LogP contribution in [-0.2, 0) is 0 Å². The van der Waals surface area contributed by atoms with E-state index in [0.717, 1.165) is 0 Å². The highest BCUT2D eigenvalue weighted by atomic mass is 79.9. The van der Waals surface area contributed by atoms with Crippen LogP contribution in [0, 0.1) is 12.8 Å². The van der Waals surface area contributed by atoms with E-state index < -0.39 is 0 Å². The molecule has 0 saturated heterocycles. The van der Waals surface area contributed by atoms with E-state index in [1.54, 1.807) is 0 Å². The molecule has 0 saturated carbocycles. The highest BCUT2D eigenvalue weighted by molar-refractivity contribution is 9.09. The number of alkyl halides is 1. The van der Waals surface area contributed by atoms with Gasteiger partial charge in [-0.1, -0.05) is 66.2 Å². The molecule has 0 bridgehead atoms. The second-order valence-corrected chi connectivity index (χ2v) is 5.65. The third-order valence-electron chi connectivity index (χ3n) is 3.05. The van der Waals surface area contributed by atoms with Crippen molar-refractivity contribution in [2.45, 2.75) is 25.6 Å². The van der Waals surface area contributed by atoms with Gasteiger partial charge in [-0.3, -0.25) is 0 Å². The summed E-state index contributed by atoms with van der Waals surface area (Å²) < 4.78 is 0. The van der Waals surface area contributed by atoms with Gasteiger partial charge in [0.15, 0.2) is 0 Å². The smallest absolute Gasteiger partial charge is 0.0427 e. The van der Waals surface area contributed by atoms with Crippen LogP contribution in [0.1, 0.15) is 29.8 Å². The highest BCUT2D eigenvalue weighted by Crippen LogP contribution is 2.37. The molecule has 0 heterocycles. The lowest BCUT2D eigenvalue weighted by atomic mass is 9.93. The summed E-state index contributed by atoms with van der Waals surface area (Å²) in [4.78, 5) is 0.429. The summed E-state index contributed by atoms with van der Waals surface area (Å²) in [5.41, 5.74) is 2.81. The number of benzene rings is 2. The molecule has 1 atom stereocenters. The van der Waals surface area contributed by atoms with Crippen LogP contribution in [0.15, 0.2) is 36.4 Å².